The molecule has 3 aromatic rings. The number of nitrogens with one attached hydrogen (secondary N) is 1. The van der Waals surface area contributed by atoms with E-state index in [9.17, 15) is 9.90 Å². The average molecular weight is 373 g/mol. The molecule has 0 heterocycles. The van der Waals surface area contributed by atoms with E-state index >= 15 is 0 Å². The number of anilines is 1. The van der Waals surface area contributed by atoms with Crippen molar-refractivity contribution in [2.45, 2.75) is 31.1 Å². The fourth-order valence-electron chi connectivity index (χ4n) is 4.12. The first kappa shape index (κ1) is 18.1. The largest absolute Gasteiger partial charge is 0.508 e. The van der Waals surface area contributed by atoms with Crippen LogP contribution in [0.25, 0.3) is 0 Å². The van der Waals surface area contributed by atoms with Crippen molar-refractivity contribution in [2.75, 3.05) is 5.32 Å². The number of aromatic hydroxyl groups is 1. The molecule has 4 rings (SSSR count). The minimum Gasteiger partial charge on any atom is -0.508 e. The van der Waals surface area contributed by atoms with Crippen LogP contribution in [-0.4, -0.2) is 11.2 Å². The zero-order valence-corrected chi connectivity index (χ0v) is 15.6. The van der Waals surface area contributed by atoms with Crippen LogP contribution in [0, 0.1) is 0 Å². The molecular weight excluding hydrogens is 350 g/mol. The van der Waals surface area contributed by atoms with Gasteiger partial charge in [-0.3, -0.25) is 5.32 Å². The second-order valence-electron chi connectivity index (χ2n) is 7.24. The van der Waals surface area contributed by atoms with Crippen molar-refractivity contribution in [1.29, 1.82) is 0 Å². The van der Waals surface area contributed by atoms with Crippen LogP contribution in [-0.2, 0) is 5.41 Å². The van der Waals surface area contributed by atoms with Crippen molar-refractivity contribution in [2.24, 2.45) is 0 Å². The number of benzene rings is 3. The van der Waals surface area contributed by atoms with Gasteiger partial charge in [0.25, 0.3) is 0 Å². The number of carbonyl (C=O) groups is 1. The van der Waals surface area contributed by atoms with E-state index in [0.29, 0.717) is 11.4 Å². The van der Waals surface area contributed by atoms with Gasteiger partial charge in [0.1, 0.15) is 11.5 Å². The van der Waals surface area contributed by atoms with Crippen LogP contribution in [0.4, 0.5) is 10.5 Å². The first-order chi connectivity index (χ1) is 13.7. The SMILES string of the molecule is O=C(Nc1ccccc1)Oc1ccc(C2(c3ccc(O)cc3)CCCC2)cc1. The topological polar surface area (TPSA) is 58.6 Å². The van der Waals surface area contributed by atoms with Gasteiger partial charge in [-0.25, -0.2) is 4.79 Å². The lowest BCUT2D eigenvalue weighted by Gasteiger charge is -2.30. The molecule has 0 saturated heterocycles. The van der Waals surface area contributed by atoms with Gasteiger partial charge in [-0.05, 0) is 60.4 Å². The van der Waals surface area contributed by atoms with Crippen molar-refractivity contribution in [3.63, 3.8) is 0 Å². The van der Waals surface area contributed by atoms with Crippen LogP contribution in [0.5, 0.6) is 11.5 Å². The first-order valence-corrected chi connectivity index (χ1v) is 9.60. The van der Waals surface area contributed by atoms with E-state index in [2.05, 4.69) is 5.32 Å². The molecule has 4 nitrogen and oxygen atoms in total. The molecule has 1 saturated carbocycles. The lowest BCUT2D eigenvalue weighted by Crippen LogP contribution is -2.23. The third kappa shape index (κ3) is 3.72. The Morgan fingerprint density at radius 1 is 0.821 bits per heavy atom. The summed E-state index contributed by atoms with van der Waals surface area (Å²) in [7, 11) is 0. The maximum atomic E-state index is 12.1. The number of ether oxygens (including phenoxy) is 1. The lowest BCUT2D eigenvalue weighted by atomic mass is 9.73. The molecule has 0 bridgehead atoms. The summed E-state index contributed by atoms with van der Waals surface area (Å²) in [5.41, 5.74) is 3.09. The number of hydrogen-bond acceptors (Lipinski definition) is 3. The van der Waals surface area contributed by atoms with Crippen LogP contribution in [0.3, 0.4) is 0 Å². The van der Waals surface area contributed by atoms with Gasteiger partial charge < -0.3 is 9.84 Å². The molecule has 28 heavy (non-hydrogen) atoms. The Kier molecular flexibility index (Phi) is 5.02. The molecule has 142 valence electrons. The number of para-hydroxylation sites is 1. The molecule has 4 heteroatoms. The molecule has 0 aromatic heterocycles. The third-order valence-electron chi connectivity index (χ3n) is 5.51. The summed E-state index contributed by atoms with van der Waals surface area (Å²) in [6.45, 7) is 0. The Balaban J connectivity index is 1.51. The highest BCUT2D eigenvalue weighted by atomic mass is 16.6. The predicted molar refractivity (Wildman–Crippen MR) is 110 cm³/mol. The summed E-state index contributed by atoms with van der Waals surface area (Å²) < 4.78 is 5.41. The Morgan fingerprint density at radius 3 is 2.00 bits per heavy atom. The Morgan fingerprint density at radius 2 is 1.39 bits per heavy atom. The molecule has 2 N–H and O–H groups in total. The first-order valence-electron chi connectivity index (χ1n) is 9.60. The summed E-state index contributed by atoms with van der Waals surface area (Å²) in [4.78, 5) is 12.1. The highest BCUT2D eigenvalue weighted by Gasteiger charge is 2.37. The lowest BCUT2D eigenvalue weighted by molar-refractivity contribution is 0.215. The second kappa shape index (κ2) is 7.77. The quantitative estimate of drug-likeness (QED) is 0.602. The van der Waals surface area contributed by atoms with Gasteiger partial charge in [-0.1, -0.05) is 55.3 Å². The summed E-state index contributed by atoms with van der Waals surface area (Å²) in [5, 5.41) is 12.3. The summed E-state index contributed by atoms with van der Waals surface area (Å²) in [5.74, 6) is 0.793. The van der Waals surface area contributed by atoms with Crippen LogP contribution in [0.2, 0.25) is 0 Å². The maximum absolute atomic E-state index is 12.1. The van der Waals surface area contributed by atoms with E-state index in [4.69, 9.17) is 4.74 Å². The van der Waals surface area contributed by atoms with Crippen molar-refractivity contribution >= 4 is 11.8 Å². The van der Waals surface area contributed by atoms with E-state index in [0.717, 1.165) is 12.8 Å². The fourth-order valence-corrected chi connectivity index (χ4v) is 4.12. The van der Waals surface area contributed by atoms with E-state index in [1.165, 1.54) is 24.0 Å². The number of phenols is 1. The standard InChI is InChI=1S/C24H23NO3/c26-21-12-8-18(9-13-21)24(16-4-5-17-24)19-10-14-22(15-11-19)28-23(27)25-20-6-2-1-3-7-20/h1-3,6-15,26H,4-5,16-17H2,(H,25,27). The molecule has 1 fully saturated rings. The fraction of sp³-hybridized carbons (Fsp3) is 0.208. The smallest absolute Gasteiger partial charge is 0.417 e. The van der Waals surface area contributed by atoms with E-state index < -0.39 is 6.09 Å². The molecule has 0 radical (unpaired) electrons. The maximum Gasteiger partial charge on any atom is 0.417 e. The van der Waals surface area contributed by atoms with Gasteiger partial charge in [0, 0.05) is 11.1 Å². The summed E-state index contributed by atoms with van der Waals surface area (Å²) >= 11 is 0. The third-order valence-corrected chi connectivity index (χ3v) is 5.51. The van der Waals surface area contributed by atoms with E-state index in [1.807, 2.05) is 66.7 Å². The second-order valence-corrected chi connectivity index (χ2v) is 7.24. The molecule has 1 aliphatic carbocycles. The molecule has 0 aliphatic heterocycles. The highest BCUT2D eigenvalue weighted by molar-refractivity contribution is 5.86. The van der Waals surface area contributed by atoms with Crippen LogP contribution in [0.15, 0.2) is 78.9 Å². The number of carbonyl (C=O) groups excluding carboxylic acids is 1. The van der Waals surface area contributed by atoms with E-state index in [-0.39, 0.29) is 11.2 Å². The van der Waals surface area contributed by atoms with Gasteiger partial charge in [0.15, 0.2) is 0 Å². The number of phenolic OH excluding ortho intramolecular Hbond substituents is 1. The molecule has 0 spiro atoms. The Bertz CT molecular complexity index is 928. The Hall–Kier alpha value is -3.27. The number of hydrogen-bond donors (Lipinski definition) is 2. The van der Waals surface area contributed by atoms with Crippen molar-refractivity contribution < 1.29 is 14.6 Å². The molecule has 3 aromatic carbocycles. The van der Waals surface area contributed by atoms with Gasteiger partial charge in [-0.2, -0.15) is 0 Å². The normalized spacial score (nSPS) is 15.1. The summed E-state index contributed by atoms with van der Waals surface area (Å²) in [6.07, 6.45) is 4.00. The van der Waals surface area contributed by atoms with Crippen LogP contribution in [0.1, 0.15) is 36.8 Å². The van der Waals surface area contributed by atoms with Gasteiger partial charge in [0.05, 0.1) is 0 Å². The minimum absolute atomic E-state index is 0.0431. The van der Waals surface area contributed by atoms with Crippen molar-refractivity contribution in [1.82, 2.24) is 0 Å². The molecule has 0 unspecified atom stereocenters. The molecular formula is C24H23NO3. The van der Waals surface area contributed by atoms with Gasteiger partial charge >= 0.3 is 6.09 Å². The summed E-state index contributed by atoms with van der Waals surface area (Å²) in [6, 6.07) is 24.5. The highest BCUT2D eigenvalue weighted by Crippen LogP contribution is 2.46. The van der Waals surface area contributed by atoms with Crippen molar-refractivity contribution in [3.8, 4) is 11.5 Å². The van der Waals surface area contributed by atoms with Gasteiger partial charge in [-0.15, -0.1) is 0 Å². The van der Waals surface area contributed by atoms with Crippen LogP contribution < -0.4 is 10.1 Å². The van der Waals surface area contributed by atoms with Gasteiger partial charge in [0.2, 0.25) is 0 Å². The monoisotopic (exact) mass is 373 g/mol. The molecule has 0 atom stereocenters. The number of rotatable bonds is 4. The predicted octanol–water partition coefficient (Wildman–Crippen LogP) is 5.86. The minimum atomic E-state index is -0.506. The van der Waals surface area contributed by atoms with E-state index in [1.54, 1.807) is 12.1 Å². The van der Waals surface area contributed by atoms with Crippen molar-refractivity contribution in [3.05, 3.63) is 90.0 Å². The molecule has 1 amide bonds. The zero-order chi connectivity index (χ0) is 19.4. The zero-order valence-electron chi connectivity index (χ0n) is 15.6. The molecule has 1 aliphatic rings. The average Bonchev–Trinajstić information content (AvgIpc) is 3.21. The number of amides is 1. The van der Waals surface area contributed by atoms with Crippen LogP contribution >= 0.6 is 0 Å². The Labute approximate surface area is 164 Å².